The van der Waals surface area contributed by atoms with Gasteiger partial charge in [-0.15, -0.1) is 6.58 Å². The van der Waals surface area contributed by atoms with Crippen molar-refractivity contribution in [2.75, 3.05) is 26.4 Å². The van der Waals surface area contributed by atoms with E-state index >= 15 is 0 Å². The summed E-state index contributed by atoms with van der Waals surface area (Å²) in [6, 6.07) is 0. The van der Waals surface area contributed by atoms with E-state index in [1.807, 2.05) is 6.92 Å². The second-order valence-corrected chi connectivity index (χ2v) is 3.46. The van der Waals surface area contributed by atoms with Gasteiger partial charge < -0.3 is 19.3 Å². The van der Waals surface area contributed by atoms with Crippen molar-refractivity contribution in [3.8, 4) is 0 Å². The highest BCUT2D eigenvalue weighted by Gasteiger charge is 2.19. The number of carbonyl (C=O) groups is 1. The maximum Gasteiger partial charge on any atom is 0.335 e. The van der Waals surface area contributed by atoms with E-state index in [2.05, 4.69) is 6.58 Å². The molecule has 0 rings (SSSR count). The van der Waals surface area contributed by atoms with Crippen molar-refractivity contribution in [1.29, 1.82) is 0 Å². The predicted molar refractivity (Wildman–Crippen MR) is 63.7 cm³/mol. The Morgan fingerprint density at radius 3 is 2.65 bits per heavy atom. The monoisotopic (exact) mass is 246 g/mol. The van der Waals surface area contributed by atoms with E-state index in [0.29, 0.717) is 19.6 Å². The lowest BCUT2D eigenvalue weighted by molar-refractivity contribution is -0.159. The van der Waals surface area contributed by atoms with Crippen molar-refractivity contribution in [2.24, 2.45) is 0 Å². The van der Waals surface area contributed by atoms with E-state index in [1.165, 1.54) is 0 Å². The molecule has 17 heavy (non-hydrogen) atoms. The van der Waals surface area contributed by atoms with Gasteiger partial charge in [-0.2, -0.15) is 0 Å². The normalized spacial score (nSPS) is 14.1. The molecule has 100 valence electrons. The molecule has 0 aliphatic carbocycles. The molecule has 0 aromatic heterocycles. The van der Waals surface area contributed by atoms with E-state index in [4.69, 9.17) is 14.2 Å². The van der Waals surface area contributed by atoms with Crippen LogP contribution < -0.4 is 0 Å². The molecular weight excluding hydrogens is 224 g/mol. The molecule has 0 radical (unpaired) electrons. The van der Waals surface area contributed by atoms with Crippen molar-refractivity contribution in [2.45, 2.75) is 32.5 Å². The molecule has 1 N–H and O–H groups in total. The zero-order chi connectivity index (χ0) is 13.1. The highest BCUT2D eigenvalue weighted by molar-refractivity contribution is 5.74. The Morgan fingerprint density at radius 2 is 2.12 bits per heavy atom. The summed E-state index contributed by atoms with van der Waals surface area (Å²) < 4.78 is 15.2. The average molecular weight is 246 g/mol. The Morgan fingerprint density at radius 1 is 1.41 bits per heavy atom. The van der Waals surface area contributed by atoms with Crippen LogP contribution in [-0.4, -0.2) is 49.7 Å². The molecule has 5 nitrogen and oxygen atoms in total. The molecule has 0 fully saturated rings. The topological polar surface area (TPSA) is 65.0 Å². The number of rotatable bonds is 10. The van der Waals surface area contributed by atoms with Crippen LogP contribution in [0.4, 0.5) is 0 Å². The summed E-state index contributed by atoms with van der Waals surface area (Å²) in [6.07, 6.45) is 0.738. The van der Waals surface area contributed by atoms with Crippen LogP contribution >= 0.6 is 0 Å². The Kier molecular flexibility index (Phi) is 9.71. The zero-order valence-electron chi connectivity index (χ0n) is 10.6. The average Bonchev–Trinajstić information content (AvgIpc) is 2.30. The van der Waals surface area contributed by atoms with Crippen molar-refractivity contribution in [3.63, 3.8) is 0 Å². The standard InChI is InChI=1S/C12H22O5/c1-4-7-15-8-10(13)9-17-11(5-2)12(14)16-6-3/h4,10-11,13H,1,5-9H2,2-3H3. The van der Waals surface area contributed by atoms with Crippen LogP contribution in [0.2, 0.25) is 0 Å². The molecule has 5 heteroatoms. The molecule has 0 aliphatic heterocycles. The highest BCUT2D eigenvalue weighted by atomic mass is 16.6. The van der Waals surface area contributed by atoms with Gasteiger partial charge in [0, 0.05) is 0 Å². The van der Waals surface area contributed by atoms with E-state index in [9.17, 15) is 9.90 Å². The van der Waals surface area contributed by atoms with Crippen molar-refractivity contribution in [3.05, 3.63) is 12.7 Å². The largest absolute Gasteiger partial charge is 0.464 e. The Hall–Kier alpha value is -0.910. The Labute approximate surface area is 102 Å². The maximum atomic E-state index is 11.4. The summed E-state index contributed by atoms with van der Waals surface area (Å²) in [4.78, 5) is 11.4. The lowest BCUT2D eigenvalue weighted by atomic mass is 10.3. The Balaban J connectivity index is 3.80. The number of esters is 1. The van der Waals surface area contributed by atoms with E-state index in [1.54, 1.807) is 13.0 Å². The molecule has 0 amide bonds. The van der Waals surface area contributed by atoms with Crippen LogP contribution in [0.15, 0.2) is 12.7 Å². The van der Waals surface area contributed by atoms with E-state index < -0.39 is 18.2 Å². The second kappa shape index (κ2) is 10.3. The number of hydrogen-bond donors (Lipinski definition) is 1. The molecule has 0 saturated carbocycles. The maximum absolute atomic E-state index is 11.4. The smallest absolute Gasteiger partial charge is 0.335 e. The quantitative estimate of drug-likeness (QED) is 0.352. The van der Waals surface area contributed by atoms with Gasteiger partial charge in [0.2, 0.25) is 0 Å². The summed E-state index contributed by atoms with van der Waals surface area (Å²) in [5.41, 5.74) is 0. The van der Waals surface area contributed by atoms with Gasteiger partial charge in [-0.3, -0.25) is 0 Å². The zero-order valence-corrected chi connectivity index (χ0v) is 10.6. The molecular formula is C12H22O5. The van der Waals surface area contributed by atoms with Crippen LogP contribution in [0.3, 0.4) is 0 Å². The lowest BCUT2D eigenvalue weighted by Gasteiger charge is -2.17. The first-order valence-corrected chi connectivity index (χ1v) is 5.80. The molecule has 2 unspecified atom stereocenters. The summed E-state index contributed by atoms with van der Waals surface area (Å²) in [5.74, 6) is -0.394. The fraction of sp³-hybridized carbons (Fsp3) is 0.750. The van der Waals surface area contributed by atoms with E-state index in [-0.39, 0.29) is 13.2 Å². The second-order valence-electron chi connectivity index (χ2n) is 3.46. The molecule has 0 aromatic carbocycles. The first kappa shape index (κ1) is 16.1. The molecule has 0 spiro atoms. The predicted octanol–water partition coefficient (Wildman–Crippen LogP) is 0.908. The first-order chi connectivity index (χ1) is 8.15. The third-order valence-electron chi connectivity index (χ3n) is 1.96. The van der Waals surface area contributed by atoms with Crippen LogP contribution in [0.1, 0.15) is 20.3 Å². The fourth-order valence-electron chi connectivity index (χ4n) is 1.15. The third-order valence-corrected chi connectivity index (χ3v) is 1.96. The summed E-state index contributed by atoms with van der Waals surface area (Å²) in [6.45, 7) is 7.96. The number of aliphatic hydroxyl groups is 1. The van der Waals surface area contributed by atoms with Gasteiger partial charge in [0.1, 0.15) is 6.10 Å². The summed E-state index contributed by atoms with van der Waals surface area (Å²) in [7, 11) is 0. The van der Waals surface area contributed by atoms with Crippen LogP contribution in [0.25, 0.3) is 0 Å². The number of ether oxygens (including phenoxy) is 3. The minimum atomic E-state index is -0.751. The SMILES string of the molecule is C=CCOCC(O)COC(CC)C(=O)OCC. The van der Waals surface area contributed by atoms with Gasteiger partial charge in [-0.25, -0.2) is 4.79 Å². The van der Waals surface area contributed by atoms with Gasteiger partial charge in [0.25, 0.3) is 0 Å². The molecule has 0 bridgehead atoms. The Bertz CT molecular complexity index is 217. The molecule has 0 saturated heterocycles. The van der Waals surface area contributed by atoms with Crippen molar-refractivity contribution < 1.29 is 24.1 Å². The van der Waals surface area contributed by atoms with Gasteiger partial charge >= 0.3 is 5.97 Å². The molecule has 2 atom stereocenters. The van der Waals surface area contributed by atoms with Gasteiger partial charge in [0.15, 0.2) is 6.10 Å². The molecule has 0 heterocycles. The van der Waals surface area contributed by atoms with Crippen LogP contribution in [0.5, 0.6) is 0 Å². The first-order valence-electron chi connectivity index (χ1n) is 5.80. The van der Waals surface area contributed by atoms with Crippen LogP contribution in [-0.2, 0) is 19.0 Å². The van der Waals surface area contributed by atoms with Gasteiger partial charge in [0.05, 0.1) is 26.4 Å². The molecule has 0 aromatic rings. The number of carbonyl (C=O) groups excluding carboxylic acids is 1. The van der Waals surface area contributed by atoms with Crippen LogP contribution in [0, 0.1) is 0 Å². The third kappa shape index (κ3) is 7.90. The van der Waals surface area contributed by atoms with Gasteiger partial charge in [-0.1, -0.05) is 13.0 Å². The lowest BCUT2D eigenvalue weighted by Crippen LogP contribution is -2.31. The minimum absolute atomic E-state index is 0.0501. The number of hydrogen-bond acceptors (Lipinski definition) is 5. The highest BCUT2D eigenvalue weighted by Crippen LogP contribution is 2.02. The summed E-state index contributed by atoms with van der Waals surface area (Å²) >= 11 is 0. The fourth-order valence-corrected chi connectivity index (χ4v) is 1.15. The van der Waals surface area contributed by atoms with Gasteiger partial charge in [-0.05, 0) is 13.3 Å². The van der Waals surface area contributed by atoms with Crippen molar-refractivity contribution >= 4 is 5.97 Å². The minimum Gasteiger partial charge on any atom is -0.464 e. The van der Waals surface area contributed by atoms with Crippen molar-refractivity contribution in [1.82, 2.24) is 0 Å². The molecule has 0 aliphatic rings. The van der Waals surface area contributed by atoms with E-state index in [0.717, 1.165) is 0 Å². The number of aliphatic hydroxyl groups excluding tert-OH is 1. The summed E-state index contributed by atoms with van der Waals surface area (Å²) in [5, 5.41) is 9.50.